The number of amides is 4. The number of hydrogen-bond acceptors (Lipinski definition) is 3. The molecule has 2 aromatic carbocycles. The zero-order valence-corrected chi connectivity index (χ0v) is 15.0. The second-order valence-corrected chi connectivity index (χ2v) is 6.61. The minimum absolute atomic E-state index is 0.333. The number of nitrogens with zero attached hydrogens (tertiary/aromatic N) is 1. The number of rotatable bonds is 4. The Morgan fingerprint density at radius 3 is 2.46 bits per heavy atom. The van der Waals surface area contributed by atoms with Crippen LogP contribution in [0.15, 0.2) is 48.5 Å². The van der Waals surface area contributed by atoms with Crippen molar-refractivity contribution >= 4 is 23.5 Å². The number of urea groups is 1. The lowest BCUT2D eigenvalue weighted by atomic mass is 9.92. The number of hydrogen-bond donors (Lipinski definition) is 2. The number of nitrogens with one attached hydrogen (secondary N) is 2. The van der Waals surface area contributed by atoms with Crippen LogP contribution in [0.4, 0.5) is 10.5 Å². The summed E-state index contributed by atoms with van der Waals surface area (Å²) in [5.74, 6) is -0.857. The van der Waals surface area contributed by atoms with E-state index in [2.05, 4.69) is 10.6 Å². The van der Waals surface area contributed by atoms with Gasteiger partial charge in [-0.15, -0.1) is 0 Å². The highest BCUT2D eigenvalue weighted by atomic mass is 16.2. The van der Waals surface area contributed by atoms with Crippen LogP contribution < -0.4 is 10.6 Å². The summed E-state index contributed by atoms with van der Waals surface area (Å²) in [6.07, 6.45) is 0. The second-order valence-electron chi connectivity index (χ2n) is 6.61. The number of benzene rings is 2. The lowest BCUT2D eigenvalue weighted by Crippen LogP contribution is -2.42. The molecule has 1 fully saturated rings. The van der Waals surface area contributed by atoms with Crippen molar-refractivity contribution in [3.8, 4) is 0 Å². The van der Waals surface area contributed by atoms with Crippen LogP contribution in [-0.2, 0) is 15.1 Å². The highest BCUT2D eigenvalue weighted by Gasteiger charge is 2.49. The van der Waals surface area contributed by atoms with Crippen molar-refractivity contribution in [2.75, 3.05) is 11.9 Å². The van der Waals surface area contributed by atoms with E-state index in [4.69, 9.17) is 0 Å². The van der Waals surface area contributed by atoms with Gasteiger partial charge in [-0.3, -0.25) is 14.5 Å². The van der Waals surface area contributed by atoms with Crippen LogP contribution in [0.5, 0.6) is 0 Å². The fourth-order valence-electron chi connectivity index (χ4n) is 3.03. The molecular formula is C20H21N3O3. The molecule has 0 radical (unpaired) electrons. The topological polar surface area (TPSA) is 78.5 Å². The van der Waals surface area contributed by atoms with E-state index in [1.807, 2.05) is 32.0 Å². The Labute approximate surface area is 152 Å². The molecule has 3 rings (SSSR count). The molecule has 0 aliphatic carbocycles. The molecule has 2 aromatic rings. The molecule has 0 saturated carbocycles. The molecule has 134 valence electrons. The van der Waals surface area contributed by atoms with Gasteiger partial charge in [0.25, 0.3) is 5.91 Å². The third kappa shape index (κ3) is 3.06. The van der Waals surface area contributed by atoms with Crippen LogP contribution in [-0.4, -0.2) is 29.3 Å². The van der Waals surface area contributed by atoms with E-state index in [0.717, 1.165) is 16.0 Å². The number of imide groups is 1. The summed E-state index contributed by atoms with van der Waals surface area (Å²) in [4.78, 5) is 38.4. The Balaban J connectivity index is 1.76. The quantitative estimate of drug-likeness (QED) is 0.832. The predicted molar refractivity (Wildman–Crippen MR) is 98.6 cm³/mol. The molecule has 1 atom stereocenters. The smallest absolute Gasteiger partial charge is 0.324 e. The van der Waals surface area contributed by atoms with Crippen molar-refractivity contribution in [2.45, 2.75) is 26.3 Å². The molecule has 6 nitrogen and oxygen atoms in total. The minimum atomic E-state index is -1.17. The summed E-state index contributed by atoms with van der Waals surface area (Å²) in [5.41, 5.74) is 2.18. The molecule has 1 heterocycles. The first kappa shape index (κ1) is 17.7. The van der Waals surface area contributed by atoms with Gasteiger partial charge in [0.2, 0.25) is 5.91 Å². The Morgan fingerprint density at radius 1 is 1.08 bits per heavy atom. The van der Waals surface area contributed by atoms with E-state index in [-0.39, 0.29) is 6.54 Å². The first-order valence-electron chi connectivity index (χ1n) is 8.38. The van der Waals surface area contributed by atoms with Crippen molar-refractivity contribution < 1.29 is 14.4 Å². The molecule has 1 saturated heterocycles. The maximum Gasteiger partial charge on any atom is 0.325 e. The van der Waals surface area contributed by atoms with Crippen molar-refractivity contribution in [1.82, 2.24) is 10.2 Å². The zero-order valence-electron chi connectivity index (χ0n) is 15.0. The first-order valence-corrected chi connectivity index (χ1v) is 8.38. The zero-order chi connectivity index (χ0) is 18.9. The van der Waals surface area contributed by atoms with E-state index in [1.165, 1.54) is 0 Å². The Hall–Kier alpha value is -3.15. The van der Waals surface area contributed by atoms with Gasteiger partial charge in [-0.1, -0.05) is 42.5 Å². The van der Waals surface area contributed by atoms with Gasteiger partial charge in [0.15, 0.2) is 0 Å². The van der Waals surface area contributed by atoms with Crippen molar-refractivity contribution in [2.24, 2.45) is 0 Å². The van der Waals surface area contributed by atoms with Crippen LogP contribution >= 0.6 is 0 Å². The van der Waals surface area contributed by atoms with Gasteiger partial charge in [0.05, 0.1) is 0 Å². The maximum atomic E-state index is 12.8. The van der Waals surface area contributed by atoms with Crippen LogP contribution in [0, 0.1) is 13.8 Å². The molecule has 1 aliphatic heterocycles. The fraction of sp³-hybridized carbons (Fsp3) is 0.250. The monoisotopic (exact) mass is 351 g/mol. The van der Waals surface area contributed by atoms with E-state index in [0.29, 0.717) is 11.3 Å². The molecule has 0 bridgehead atoms. The Kier molecular flexibility index (Phi) is 4.50. The van der Waals surface area contributed by atoms with Gasteiger partial charge < -0.3 is 10.6 Å². The first-order chi connectivity index (χ1) is 12.3. The third-order valence-electron chi connectivity index (χ3n) is 4.81. The van der Waals surface area contributed by atoms with Gasteiger partial charge >= 0.3 is 6.03 Å². The molecule has 4 amide bonds. The molecule has 6 heteroatoms. The van der Waals surface area contributed by atoms with Crippen LogP contribution in [0.2, 0.25) is 0 Å². The van der Waals surface area contributed by atoms with Gasteiger partial charge in [-0.25, -0.2) is 4.79 Å². The van der Waals surface area contributed by atoms with Crippen molar-refractivity contribution in [1.29, 1.82) is 0 Å². The summed E-state index contributed by atoms with van der Waals surface area (Å²) in [7, 11) is 0. The van der Waals surface area contributed by atoms with Crippen LogP contribution in [0.3, 0.4) is 0 Å². The van der Waals surface area contributed by atoms with Crippen LogP contribution in [0.25, 0.3) is 0 Å². The number of carbonyl (C=O) groups excluding carboxylic acids is 3. The standard InChI is InChI=1S/C20H21N3O3/c1-13-8-7-11-16(14(13)2)21-17(24)12-23-18(25)20(3,22-19(23)26)15-9-5-4-6-10-15/h4-11H,12H2,1-3H3,(H,21,24)(H,22,26)/t20-/m1/s1. The molecular weight excluding hydrogens is 330 g/mol. The van der Waals surface area contributed by atoms with Gasteiger partial charge in [-0.05, 0) is 43.5 Å². The highest BCUT2D eigenvalue weighted by molar-refractivity contribution is 6.10. The van der Waals surface area contributed by atoms with E-state index in [9.17, 15) is 14.4 Å². The fourth-order valence-corrected chi connectivity index (χ4v) is 3.03. The third-order valence-corrected chi connectivity index (χ3v) is 4.81. The molecule has 26 heavy (non-hydrogen) atoms. The summed E-state index contributed by atoms with van der Waals surface area (Å²) >= 11 is 0. The molecule has 2 N–H and O–H groups in total. The van der Waals surface area contributed by atoms with Gasteiger partial charge in [0, 0.05) is 5.69 Å². The largest absolute Gasteiger partial charge is 0.325 e. The summed E-state index contributed by atoms with van der Waals surface area (Å²) < 4.78 is 0. The van der Waals surface area contributed by atoms with Crippen molar-refractivity contribution in [3.05, 3.63) is 65.2 Å². The number of carbonyl (C=O) groups is 3. The molecule has 0 aromatic heterocycles. The Bertz CT molecular complexity index is 879. The van der Waals surface area contributed by atoms with Crippen LogP contribution in [0.1, 0.15) is 23.6 Å². The number of anilines is 1. The maximum absolute atomic E-state index is 12.8. The summed E-state index contributed by atoms with van der Waals surface area (Å²) in [6, 6.07) is 14.0. The van der Waals surface area contributed by atoms with Crippen molar-refractivity contribution in [3.63, 3.8) is 0 Å². The predicted octanol–water partition coefficient (Wildman–Crippen LogP) is 2.71. The van der Waals surface area contributed by atoms with E-state index >= 15 is 0 Å². The normalized spacial score (nSPS) is 19.4. The lowest BCUT2D eigenvalue weighted by Gasteiger charge is -2.22. The van der Waals surface area contributed by atoms with E-state index < -0.39 is 23.4 Å². The summed E-state index contributed by atoms with van der Waals surface area (Å²) in [6.45, 7) is 5.17. The van der Waals surface area contributed by atoms with Gasteiger partial charge in [0.1, 0.15) is 12.1 Å². The lowest BCUT2D eigenvalue weighted by molar-refractivity contribution is -0.133. The minimum Gasteiger partial charge on any atom is -0.324 e. The Morgan fingerprint density at radius 2 is 1.77 bits per heavy atom. The summed E-state index contributed by atoms with van der Waals surface area (Å²) in [5, 5.41) is 5.47. The number of aryl methyl sites for hydroxylation is 1. The molecule has 0 unspecified atom stereocenters. The average Bonchev–Trinajstić information content (AvgIpc) is 2.84. The van der Waals surface area contributed by atoms with E-state index in [1.54, 1.807) is 37.3 Å². The highest BCUT2D eigenvalue weighted by Crippen LogP contribution is 2.28. The molecule has 0 spiro atoms. The van der Waals surface area contributed by atoms with Gasteiger partial charge in [-0.2, -0.15) is 0 Å². The molecule has 1 aliphatic rings. The second kappa shape index (κ2) is 6.63. The average molecular weight is 351 g/mol. The SMILES string of the molecule is Cc1cccc(NC(=O)CN2C(=O)N[C@](C)(c3ccccc3)C2=O)c1C.